The average Bonchev–Trinajstić information content (AvgIpc) is 3.20. The molecule has 3 aromatic carbocycles. The van der Waals surface area contributed by atoms with E-state index in [9.17, 15) is 5.11 Å². The second-order valence-electron chi connectivity index (χ2n) is 6.63. The molecule has 1 atom stereocenters. The van der Waals surface area contributed by atoms with Crippen LogP contribution in [0.4, 0.5) is 5.69 Å². The fourth-order valence-electron chi connectivity index (χ4n) is 3.40. The first-order valence-corrected chi connectivity index (χ1v) is 9.12. The molecule has 4 rings (SSSR count). The van der Waals surface area contributed by atoms with Gasteiger partial charge >= 0.3 is 0 Å². The van der Waals surface area contributed by atoms with E-state index in [-0.39, 0.29) is 11.8 Å². The minimum absolute atomic E-state index is 0.0473. The van der Waals surface area contributed by atoms with Crippen molar-refractivity contribution in [1.29, 1.82) is 0 Å². The molecule has 1 N–H and O–H groups in total. The van der Waals surface area contributed by atoms with Crippen molar-refractivity contribution in [3.8, 4) is 17.2 Å². The largest absolute Gasteiger partial charge is 0.508 e. The number of ether oxygens (including phenoxy) is 2. The van der Waals surface area contributed by atoms with Crippen molar-refractivity contribution in [2.75, 3.05) is 19.2 Å². The Balaban J connectivity index is 1.71. The Hall–Kier alpha value is -3.47. The summed E-state index contributed by atoms with van der Waals surface area (Å²) in [5.41, 5.74) is 4.17. The third-order valence-corrected chi connectivity index (χ3v) is 4.95. The Bertz CT molecular complexity index is 964. The lowest BCUT2D eigenvalue weighted by molar-refractivity contribution is 0.414. The summed E-state index contributed by atoms with van der Waals surface area (Å²) in [4.78, 5) is 0. The van der Waals surface area contributed by atoms with Crippen LogP contribution in [-0.2, 0) is 0 Å². The van der Waals surface area contributed by atoms with Gasteiger partial charge in [-0.25, -0.2) is 0 Å². The molecule has 0 fully saturated rings. The van der Waals surface area contributed by atoms with Gasteiger partial charge in [-0.2, -0.15) is 5.10 Å². The van der Waals surface area contributed by atoms with E-state index < -0.39 is 0 Å². The number of aromatic hydroxyl groups is 1. The monoisotopic (exact) mass is 374 g/mol. The number of rotatable bonds is 5. The van der Waals surface area contributed by atoms with Crippen molar-refractivity contribution in [3.63, 3.8) is 0 Å². The number of benzene rings is 3. The van der Waals surface area contributed by atoms with Crippen molar-refractivity contribution in [2.45, 2.75) is 12.5 Å². The average molecular weight is 374 g/mol. The Morgan fingerprint density at radius 1 is 0.821 bits per heavy atom. The van der Waals surface area contributed by atoms with E-state index in [1.165, 1.54) is 0 Å². The molecule has 5 heteroatoms. The minimum atomic E-state index is 0.0473. The van der Waals surface area contributed by atoms with E-state index in [1.54, 1.807) is 26.4 Å². The van der Waals surface area contributed by atoms with Crippen molar-refractivity contribution < 1.29 is 14.6 Å². The van der Waals surface area contributed by atoms with E-state index in [4.69, 9.17) is 14.6 Å². The second kappa shape index (κ2) is 7.64. The number of phenols is 1. The molecule has 0 saturated heterocycles. The van der Waals surface area contributed by atoms with Crippen LogP contribution < -0.4 is 14.5 Å². The van der Waals surface area contributed by atoms with Crippen LogP contribution >= 0.6 is 0 Å². The van der Waals surface area contributed by atoms with E-state index >= 15 is 0 Å². The molecule has 0 amide bonds. The van der Waals surface area contributed by atoms with Gasteiger partial charge in [-0.1, -0.05) is 12.1 Å². The molecule has 1 unspecified atom stereocenters. The number of methoxy groups -OCH3 is 2. The van der Waals surface area contributed by atoms with Gasteiger partial charge in [0.05, 0.1) is 31.7 Å². The number of anilines is 1. The Labute approximate surface area is 164 Å². The molecule has 1 heterocycles. The van der Waals surface area contributed by atoms with Crippen molar-refractivity contribution in [2.24, 2.45) is 5.10 Å². The molecule has 28 heavy (non-hydrogen) atoms. The summed E-state index contributed by atoms with van der Waals surface area (Å²) in [5.74, 6) is 1.89. The highest BCUT2D eigenvalue weighted by atomic mass is 16.5. The van der Waals surface area contributed by atoms with Crippen LogP contribution in [0.1, 0.15) is 23.6 Å². The van der Waals surface area contributed by atoms with Gasteiger partial charge in [0.15, 0.2) is 0 Å². The topological polar surface area (TPSA) is 54.3 Å². The molecule has 1 aliphatic rings. The number of nitrogens with zero attached hydrogens (tertiary/aromatic N) is 2. The lowest BCUT2D eigenvalue weighted by atomic mass is 9.98. The first kappa shape index (κ1) is 17.9. The third kappa shape index (κ3) is 3.51. The lowest BCUT2D eigenvalue weighted by Gasteiger charge is -2.24. The molecule has 0 radical (unpaired) electrons. The third-order valence-electron chi connectivity index (χ3n) is 4.95. The normalized spacial score (nSPS) is 16.0. The number of hydrogen-bond donors (Lipinski definition) is 1. The zero-order chi connectivity index (χ0) is 19.5. The molecule has 0 saturated carbocycles. The van der Waals surface area contributed by atoms with Gasteiger partial charge in [0.1, 0.15) is 17.2 Å². The van der Waals surface area contributed by atoms with Crippen molar-refractivity contribution in [1.82, 2.24) is 0 Å². The fourth-order valence-corrected chi connectivity index (χ4v) is 3.40. The predicted molar refractivity (Wildman–Crippen MR) is 110 cm³/mol. The van der Waals surface area contributed by atoms with Crippen molar-refractivity contribution >= 4 is 11.4 Å². The van der Waals surface area contributed by atoms with E-state index in [0.717, 1.165) is 40.4 Å². The van der Waals surface area contributed by atoms with E-state index in [2.05, 4.69) is 0 Å². The summed E-state index contributed by atoms with van der Waals surface area (Å²) in [6.45, 7) is 0. The molecule has 0 bridgehead atoms. The fraction of sp³-hybridized carbons (Fsp3) is 0.174. The van der Waals surface area contributed by atoms with E-state index in [0.29, 0.717) is 0 Å². The molecule has 5 nitrogen and oxygen atoms in total. The number of hydrazone groups is 1. The highest BCUT2D eigenvalue weighted by molar-refractivity contribution is 6.03. The highest BCUT2D eigenvalue weighted by Gasteiger charge is 2.30. The zero-order valence-electron chi connectivity index (χ0n) is 15.9. The molecule has 3 aromatic rings. The van der Waals surface area contributed by atoms with Gasteiger partial charge in [-0.3, -0.25) is 5.01 Å². The van der Waals surface area contributed by atoms with Gasteiger partial charge in [0.25, 0.3) is 0 Å². The molecular weight excluding hydrogens is 352 g/mol. The summed E-state index contributed by atoms with van der Waals surface area (Å²) >= 11 is 0. The summed E-state index contributed by atoms with van der Waals surface area (Å²) in [6, 6.07) is 23.2. The van der Waals surface area contributed by atoms with E-state index in [1.807, 2.05) is 65.7 Å². The smallest absolute Gasteiger partial charge is 0.119 e. The van der Waals surface area contributed by atoms with Crippen LogP contribution in [0.15, 0.2) is 77.9 Å². The molecule has 142 valence electrons. The first-order chi connectivity index (χ1) is 13.7. The summed E-state index contributed by atoms with van der Waals surface area (Å²) in [6.07, 6.45) is 0.767. The predicted octanol–water partition coefficient (Wildman–Crippen LogP) is 4.77. The van der Waals surface area contributed by atoms with Crippen LogP contribution in [0.2, 0.25) is 0 Å². The zero-order valence-corrected chi connectivity index (χ0v) is 15.9. The maximum absolute atomic E-state index is 9.65. The Kier molecular flexibility index (Phi) is 4.89. The van der Waals surface area contributed by atoms with Crippen LogP contribution in [0.3, 0.4) is 0 Å². The molecule has 1 aliphatic heterocycles. The quantitative estimate of drug-likeness (QED) is 0.699. The molecular formula is C23H22N2O3. The standard InChI is InChI=1S/C23H22N2O3/c1-27-20-11-5-16(6-12-20)22-15-23(17-3-9-19(26)10-4-17)25(24-22)18-7-13-21(28-2)14-8-18/h3-14,23,26H,15H2,1-2H3. The summed E-state index contributed by atoms with van der Waals surface area (Å²) < 4.78 is 10.5. The maximum Gasteiger partial charge on any atom is 0.119 e. The van der Waals surface area contributed by atoms with Crippen LogP contribution in [0, 0.1) is 0 Å². The molecule has 0 aliphatic carbocycles. The van der Waals surface area contributed by atoms with Crippen LogP contribution in [0.25, 0.3) is 0 Å². The SMILES string of the molecule is COc1ccc(C2=NN(c3ccc(OC)cc3)C(c3ccc(O)cc3)C2)cc1. The highest BCUT2D eigenvalue weighted by Crippen LogP contribution is 2.37. The maximum atomic E-state index is 9.65. The van der Waals surface area contributed by atoms with Gasteiger partial charge in [-0.05, 0) is 71.8 Å². The van der Waals surface area contributed by atoms with Crippen LogP contribution in [0.5, 0.6) is 17.2 Å². The second-order valence-corrected chi connectivity index (χ2v) is 6.63. The number of hydrogen-bond acceptors (Lipinski definition) is 5. The summed E-state index contributed by atoms with van der Waals surface area (Å²) in [7, 11) is 3.32. The van der Waals surface area contributed by atoms with Crippen molar-refractivity contribution in [3.05, 3.63) is 83.9 Å². The Morgan fingerprint density at radius 2 is 1.39 bits per heavy atom. The van der Waals surface area contributed by atoms with Gasteiger partial charge in [0.2, 0.25) is 0 Å². The van der Waals surface area contributed by atoms with Crippen LogP contribution in [-0.4, -0.2) is 25.0 Å². The summed E-state index contributed by atoms with van der Waals surface area (Å²) in [5, 5.41) is 16.6. The minimum Gasteiger partial charge on any atom is -0.508 e. The molecule has 0 spiro atoms. The van der Waals surface area contributed by atoms with Gasteiger partial charge in [-0.15, -0.1) is 0 Å². The van der Waals surface area contributed by atoms with Gasteiger partial charge in [0, 0.05) is 6.42 Å². The first-order valence-electron chi connectivity index (χ1n) is 9.12. The van der Waals surface area contributed by atoms with Gasteiger partial charge < -0.3 is 14.6 Å². The Morgan fingerprint density at radius 3 is 1.96 bits per heavy atom. The number of phenolic OH excluding ortho intramolecular Hbond substituents is 1. The molecule has 0 aromatic heterocycles. The lowest BCUT2D eigenvalue weighted by Crippen LogP contribution is -2.18.